The Balaban J connectivity index is 1.66. The summed E-state index contributed by atoms with van der Waals surface area (Å²) in [5, 5.41) is 9.86. The van der Waals surface area contributed by atoms with Crippen LogP contribution in [0.1, 0.15) is 38.2 Å². The number of hydrogen-bond donors (Lipinski definition) is 3. The fraction of sp³-hybridized carbons (Fsp3) is 0.474. The Kier molecular flexibility index (Phi) is 6.87. The molecule has 0 unspecified atom stereocenters. The molecule has 2 aromatic heterocycles. The standard InChI is InChI=1S/C19H24IN5O3/c1-12-4-6-13(7-5-12)16(24-19(20)28)18(27)23-15-9-22-25(11-15)10-14-3-2-8-21-17(14)26/h2-3,8-9,11-13,16H,4-7,10H2,1H3,(H,21,26)(H,23,27)(H,24,28)/t12-,13-,16-/m0/s1. The van der Waals surface area contributed by atoms with Crippen LogP contribution in [0, 0.1) is 11.8 Å². The van der Waals surface area contributed by atoms with Crippen LogP contribution in [0.25, 0.3) is 0 Å². The van der Waals surface area contributed by atoms with Gasteiger partial charge in [-0.3, -0.25) is 19.1 Å². The molecule has 0 bridgehead atoms. The second-order valence-corrected chi connectivity index (χ2v) is 8.34. The Morgan fingerprint density at radius 1 is 1.36 bits per heavy atom. The lowest BCUT2D eigenvalue weighted by atomic mass is 9.79. The third-order valence-electron chi connectivity index (χ3n) is 5.22. The van der Waals surface area contributed by atoms with Gasteiger partial charge in [0.15, 0.2) is 0 Å². The zero-order valence-corrected chi connectivity index (χ0v) is 17.8. The summed E-state index contributed by atoms with van der Waals surface area (Å²) in [6.07, 6.45) is 8.77. The molecule has 1 saturated carbocycles. The quantitative estimate of drug-likeness (QED) is 0.324. The summed E-state index contributed by atoms with van der Waals surface area (Å²) in [7, 11) is 0. The first-order chi connectivity index (χ1) is 13.4. The highest BCUT2D eigenvalue weighted by Gasteiger charge is 2.32. The van der Waals surface area contributed by atoms with E-state index in [0.29, 0.717) is 23.7 Å². The monoisotopic (exact) mass is 497 g/mol. The summed E-state index contributed by atoms with van der Waals surface area (Å²) < 4.78 is 1.35. The van der Waals surface area contributed by atoms with E-state index in [1.807, 2.05) is 0 Å². The summed E-state index contributed by atoms with van der Waals surface area (Å²) >= 11 is 1.66. The number of nitrogens with one attached hydrogen (secondary N) is 3. The topological polar surface area (TPSA) is 109 Å². The number of nitrogens with zero attached hydrogens (tertiary/aromatic N) is 2. The maximum absolute atomic E-state index is 12.8. The van der Waals surface area contributed by atoms with E-state index in [4.69, 9.17) is 0 Å². The van der Waals surface area contributed by atoms with E-state index in [1.165, 1.54) is 0 Å². The van der Waals surface area contributed by atoms with E-state index in [1.54, 1.807) is 58.0 Å². The number of anilines is 1. The summed E-state index contributed by atoms with van der Waals surface area (Å²) in [5.74, 6) is 0.559. The van der Waals surface area contributed by atoms with Gasteiger partial charge in [-0.2, -0.15) is 5.10 Å². The van der Waals surface area contributed by atoms with Gasteiger partial charge >= 0.3 is 0 Å². The van der Waals surface area contributed by atoms with Crippen molar-refractivity contribution in [2.24, 2.45) is 11.8 Å². The predicted molar refractivity (Wildman–Crippen MR) is 114 cm³/mol. The zero-order chi connectivity index (χ0) is 20.1. The molecule has 9 heteroatoms. The average Bonchev–Trinajstić information content (AvgIpc) is 3.09. The lowest BCUT2D eigenvalue weighted by Crippen LogP contribution is -2.47. The molecule has 150 valence electrons. The Labute approximate surface area is 176 Å². The Morgan fingerprint density at radius 3 is 2.79 bits per heavy atom. The van der Waals surface area contributed by atoms with Gasteiger partial charge in [0.25, 0.3) is 9.47 Å². The first-order valence-electron chi connectivity index (χ1n) is 9.38. The molecule has 0 radical (unpaired) electrons. The minimum absolute atomic E-state index is 0.132. The maximum Gasteiger partial charge on any atom is 0.281 e. The smallest absolute Gasteiger partial charge is 0.281 e. The van der Waals surface area contributed by atoms with E-state index in [9.17, 15) is 14.4 Å². The maximum atomic E-state index is 12.8. The predicted octanol–water partition coefficient (Wildman–Crippen LogP) is 2.90. The van der Waals surface area contributed by atoms with Gasteiger partial charge in [0.1, 0.15) is 6.04 Å². The number of halogens is 1. The van der Waals surface area contributed by atoms with Gasteiger partial charge in [-0.15, -0.1) is 0 Å². The second-order valence-electron chi connectivity index (χ2n) is 7.36. The van der Waals surface area contributed by atoms with E-state index in [-0.39, 0.29) is 21.3 Å². The first-order valence-corrected chi connectivity index (χ1v) is 10.5. The number of aromatic nitrogens is 3. The normalized spacial score (nSPS) is 20.4. The number of hydrogen-bond acceptors (Lipinski definition) is 4. The van der Waals surface area contributed by atoms with Crippen LogP contribution in [0.15, 0.2) is 35.5 Å². The summed E-state index contributed by atoms with van der Waals surface area (Å²) in [5.41, 5.74) is 0.948. The molecule has 1 fully saturated rings. The van der Waals surface area contributed by atoms with Gasteiger partial charge in [-0.1, -0.05) is 25.8 Å². The van der Waals surface area contributed by atoms with Gasteiger partial charge in [-0.25, -0.2) is 0 Å². The fourth-order valence-corrected chi connectivity index (χ4v) is 3.96. The van der Waals surface area contributed by atoms with E-state index < -0.39 is 6.04 Å². The molecule has 2 heterocycles. The van der Waals surface area contributed by atoms with Gasteiger partial charge in [-0.05, 0) is 30.7 Å². The summed E-state index contributed by atoms with van der Waals surface area (Å²) in [6, 6.07) is 2.93. The number of carbonyl (C=O) groups is 2. The van der Waals surface area contributed by atoms with Gasteiger partial charge in [0.2, 0.25) is 5.91 Å². The molecule has 0 aliphatic heterocycles. The fourth-order valence-electron chi connectivity index (χ4n) is 3.63. The van der Waals surface area contributed by atoms with Crippen LogP contribution in [0.3, 0.4) is 0 Å². The molecule has 0 aromatic carbocycles. The molecule has 28 heavy (non-hydrogen) atoms. The number of pyridine rings is 1. The van der Waals surface area contributed by atoms with Crippen molar-refractivity contribution >= 4 is 38.1 Å². The summed E-state index contributed by atoms with van der Waals surface area (Å²) in [4.78, 5) is 38.8. The average molecular weight is 497 g/mol. The highest BCUT2D eigenvalue weighted by Crippen LogP contribution is 2.31. The molecular weight excluding hydrogens is 473 g/mol. The third-order valence-corrected chi connectivity index (χ3v) is 5.53. The molecule has 1 atom stereocenters. The third kappa shape index (κ3) is 5.43. The molecule has 2 amide bonds. The Bertz CT molecular complexity index is 885. The number of H-pyrrole nitrogens is 1. The van der Waals surface area contributed by atoms with Crippen molar-refractivity contribution in [3.8, 4) is 0 Å². The lowest BCUT2D eigenvalue weighted by molar-refractivity contribution is -0.119. The molecular formula is C19H24IN5O3. The SMILES string of the molecule is C[C@H]1CC[C@H]([C@H](NC(=O)I)C(=O)Nc2cnn(Cc3ccc[nH]c3=O)c2)CC1. The van der Waals surface area contributed by atoms with Crippen LogP contribution in [0.4, 0.5) is 10.5 Å². The number of amides is 2. The van der Waals surface area contributed by atoms with Crippen molar-refractivity contribution < 1.29 is 9.59 Å². The highest BCUT2D eigenvalue weighted by molar-refractivity contribution is 14.1. The van der Waals surface area contributed by atoms with Crippen LogP contribution < -0.4 is 16.2 Å². The van der Waals surface area contributed by atoms with E-state index in [0.717, 1.165) is 25.7 Å². The number of rotatable bonds is 6. The van der Waals surface area contributed by atoms with Crippen molar-refractivity contribution in [2.75, 3.05) is 5.32 Å². The molecule has 3 N–H and O–H groups in total. The van der Waals surface area contributed by atoms with Gasteiger partial charge in [0.05, 0.1) is 18.4 Å². The van der Waals surface area contributed by atoms with Gasteiger partial charge in [0, 0.05) is 40.5 Å². The molecule has 1 aliphatic rings. The Morgan fingerprint density at radius 2 is 2.11 bits per heavy atom. The van der Waals surface area contributed by atoms with Crippen molar-refractivity contribution in [3.05, 3.63) is 46.6 Å². The van der Waals surface area contributed by atoms with E-state index in [2.05, 4.69) is 27.6 Å². The van der Waals surface area contributed by atoms with E-state index >= 15 is 0 Å². The first kappa shape index (κ1) is 20.6. The molecule has 2 aromatic rings. The number of aromatic amines is 1. The van der Waals surface area contributed by atoms with Crippen molar-refractivity contribution in [2.45, 2.75) is 45.2 Å². The van der Waals surface area contributed by atoms with Gasteiger partial charge < -0.3 is 15.6 Å². The van der Waals surface area contributed by atoms with Crippen molar-refractivity contribution in [1.29, 1.82) is 0 Å². The van der Waals surface area contributed by atoms with Crippen molar-refractivity contribution in [1.82, 2.24) is 20.1 Å². The molecule has 8 nitrogen and oxygen atoms in total. The lowest BCUT2D eigenvalue weighted by Gasteiger charge is -2.31. The molecule has 3 rings (SSSR count). The summed E-state index contributed by atoms with van der Waals surface area (Å²) in [6.45, 7) is 2.52. The largest absolute Gasteiger partial charge is 0.335 e. The minimum Gasteiger partial charge on any atom is -0.335 e. The van der Waals surface area contributed by atoms with Crippen LogP contribution in [-0.2, 0) is 11.3 Å². The van der Waals surface area contributed by atoms with Crippen LogP contribution in [0.5, 0.6) is 0 Å². The highest BCUT2D eigenvalue weighted by atomic mass is 127. The Hall–Kier alpha value is -2.17. The van der Waals surface area contributed by atoms with Crippen LogP contribution >= 0.6 is 22.6 Å². The zero-order valence-electron chi connectivity index (χ0n) is 15.7. The minimum atomic E-state index is -0.558. The van der Waals surface area contributed by atoms with Crippen molar-refractivity contribution in [3.63, 3.8) is 0 Å². The van der Waals surface area contributed by atoms with Crippen LogP contribution in [0.2, 0.25) is 0 Å². The molecule has 0 spiro atoms. The van der Waals surface area contributed by atoms with Crippen LogP contribution in [-0.4, -0.2) is 30.6 Å². The second kappa shape index (κ2) is 9.35. The number of carbonyl (C=O) groups excluding carboxylic acids is 2. The molecule has 1 aliphatic carbocycles. The molecule has 0 saturated heterocycles.